The number of hydrogen-bond donors (Lipinski definition) is 0. The minimum absolute atomic E-state index is 0.0535. The highest BCUT2D eigenvalue weighted by Gasteiger charge is 2.21. The molecule has 0 saturated carbocycles. The molecule has 4 rings (SSSR count). The number of urea groups is 1. The van der Waals surface area contributed by atoms with Gasteiger partial charge < -0.3 is 9.47 Å². The molecule has 1 saturated heterocycles. The number of anilines is 1. The number of benzene rings is 2. The van der Waals surface area contributed by atoms with E-state index < -0.39 is 0 Å². The maximum Gasteiger partial charge on any atom is 0.324 e. The van der Waals surface area contributed by atoms with Gasteiger partial charge in [0, 0.05) is 39.3 Å². The molecule has 0 aliphatic carbocycles. The van der Waals surface area contributed by atoms with Gasteiger partial charge in [0.15, 0.2) is 0 Å². The minimum Gasteiger partial charge on any atom is -0.331 e. The lowest BCUT2D eigenvalue weighted by Gasteiger charge is -2.31. The van der Waals surface area contributed by atoms with E-state index in [1.165, 1.54) is 6.42 Å². The number of nitriles is 1. The zero-order chi connectivity index (χ0) is 20.4. The second kappa shape index (κ2) is 7.96. The van der Waals surface area contributed by atoms with E-state index >= 15 is 0 Å². The second-order valence-electron chi connectivity index (χ2n) is 7.63. The quantitative estimate of drug-likeness (QED) is 0.680. The largest absolute Gasteiger partial charge is 0.331 e. The van der Waals surface area contributed by atoms with Crippen LogP contribution in [0.2, 0.25) is 0 Å². The Kier molecular flexibility index (Phi) is 5.22. The highest BCUT2D eigenvalue weighted by atomic mass is 16.2. The Morgan fingerprint density at radius 2 is 1.86 bits per heavy atom. The van der Waals surface area contributed by atoms with Crippen LogP contribution in [-0.4, -0.2) is 40.6 Å². The number of likely N-dealkylation sites (tertiary alicyclic amines) is 1. The van der Waals surface area contributed by atoms with Crippen molar-refractivity contribution in [3.8, 4) is 6.07 Å². The second-order valence-corrected chi connectivity index (χ2v) is 7.63. The molecule has 2 amide bonds. The van der Waals surface area contributed by atoms with Gasteiger partial charge in [0.1, 0.15) is 5.82 Å². The molecule has 2 heterocycles. The Bertz CT molecular complexity index is 1070. The van der Waals surface area contributed by atoms with Crippen LogP contribution in [0.1, 0.15) is 36.2 Å². The maximum absolute atomic E-state index is 12.8. The van der Waals surface area contributed by atoms with Gasteiger partial charge in [0.2, 0.25) is 0 Å². The van der Waals surface area contributed by atoms with Crippen molar-refractivity contribution in [2.75, 3.05) is 25.0 Å². The van der Waals surface area contributed by atoms with Gasteiger partial charge in [-0.15, -0.1) is 0 Å². The topological polar surface area (TPSA) is 65.2 Å². The number of rotatable bonds is 3. The number of amides is 2. The number of fused-ring (bicyclic) bond motifs is 1. The summed E-state index contributed by atoms with van der Waals surface area (Å²) in [7, 11) is 3.84. The highest BCUT2D eigenvalue weighted by molar-refractivity contribution is 5.94. The third kappa shape index (κ3) is 3.81. The van der Waals surface area contributed by atoms with Crippen LogP contribution in [0, 0.1) is 11.3 Å². The summed E-state index contributed by atoms with van der Waals surface area (Å²) in [6.45, 7) is 1.67. The summed E-state index contributed by atoms with van der Waals surface area (Å²) in [4.78, 5) is 21.3. The maximum atomic E-state index is 12.8. The molecule has 1 aliphatic rings. The first kappa shape index (κ1) is 19.0. The fraction of sp³-hybridized carbons (Fsp3) is 0.348. The molecule has 148 valence electrons. The number of aromatic nitrogens is 2. The van der Waals surface area contributed by atoms with Crippen molar-refractivity contribution in [3.05, 3.63) is 59.4 Å². The van der Waals surface area contributed by atoms with Crippen molar-refractivity contribution < 1.29 is 4.79 Å². The molecule has 6 heteroatoms. The SMILES string of the molecule is CN(C(=O)N1CCCCC1)c1ccc2c(c1)nc(Cc1ccc(C#N)cc1)n2C. The average molecular weight is 387 g/mol. The Hall–Kier alpha value is -3.33. The first-order valence-electron chi connectivity index (χ1n) is 10.0. The van der Waals surface area contributed by atoms with Crippen molar-refractivity contribution in [1.82, 2.24) is 14.5 Å². The van der Waals surface area contributed by atoms with E-state index in [2.05, 4.69) is 10.6 Å². The average Bonchev–Trinajstić information content (AvgIpc) is 3.08. The minimum atomic E-state index is 0.0535. The predicted molar refractivity (Wildman–Crippen MR) is 114 cm³/mol. The zero-order valence-electron chi connectivity index (χ0n) is 16.9. The molecule has 3 aromatic rings. The van der Waals surface area contributed by atoms with E-state index in [0.717, 1.165) is 54.0 Å². The van der Waals surface area contributed by atoms with Crippen LogP contribution in [0.25, 0.3) is 11.0 Å². The van der Waals surface area contributed by atoms with Gasteiger partial charge in [0.05, 0.1) is 22.7 Å². The van der Waals surface area contributed by atoms with E-state index in [1.807, 2.05) is 61.5 Å². The monoisotopic (exact) mass is 387 g/mol. The molecule has 2 aromatic carbocycles. The number of carbonyl (C=O) groups is 1. The number of carbonyl (C=O) groups excluding carboxylic acids is 1. The molecule has 0 radical (unpaired) electrons. The summed E-state index contributed by atoms with van der Waals surface area (Å²) in [5.41, 5.74) is 4.55. The lowest BCUT2D eigenvalue weighted by molar-refractivity contribution is 0.194. The molecule has 0 unspecified atom stereocenters. The standard InChI is InChI=1S/C23H25N5O/c1-26(23(29)28-12-4-3-5-13-28)19-10-11-21-20(15-19)25-22(27(21)2)14-17-6-8-18(16-24)9-7-17/h6-11,15H,3-5,12-14H2,1-2H3. The van der Waals surface area contributed by atoms with Crippen LogP contribution < -0.4 is 4.90 Å². The van der Waals surface area contributed by atoms with E-state index in [9.17, 15) is 4.79 Å². The van der Waals surface area contributed by atoms with Crippen LogP contribution in [0.4, 0.5) is 10.5 Å². The van der Waals surface area contributed by atoms with Crippen molar-refractivity contribution in [2.45, 2.75) is 25.7 Å². The number of aryl methyl sites for hydroxylation is 1. The third-order valence-electron chi connectivity index (χ3n) is 5.70. The first-order chi connectivity index (χ1) is 14.1. The summed E-state index contributed by atoms with van der Waals surface area (Å²) in [5, 5.41) is 8.95. The van der Waals surface area contributed by atoms with Crippen LogP contribution in [-0.2, 0) is 13.5 Å². The van der Waals surface area contributed by atoms with Crippen molar-refractivity contribution in [2.24, 2.45) is 7.05 Å². The molecule has 0 N–H and O–H groups in total. The molecule has 29 heavy (non-hydrogen) atoms. The zero-order valence-corrected chi connectivity index (χ0v) is 16.9. The molecular formula is C23H25N5O. The molecule has 0 spiro atoms. The smallest absolute Gasteiger partial charge is 0.324 e. The lowest BCUT2D eigenvalue weighted by Crippen LogP contribution is -2.43. The highest BCUT2D eigenvalue weighted by Crippen LogP contribution is 2.24. The van der Waals surface area contributed by atoms with Gasteiger partial charge in [-0.3, -0.25) is 4.90 Å². The van der Waals surface area contributed by atoms with Crippen LogP contribution >= 0.6 is 0 Å². The van der Waals surface area contributed by atoms with Crippen LogP contribution in [0.3, 0.4) is 0 Å². The van der Waals surface area contributed by atoms with Gasteiger partial charge in [0.25, 0.3) is 0 Å². The third-order valence-corrected chi connectivity index (χ3v) is 5.70. The number of nitrogens with zero attached hydrogens (tertiary/aromatic N) is 5. The fourth-order valence-electron chi connectivity index (χ4n) is 3.89. The van der Waals surface area contributed by atoms with Crippen molar-refractivity contribution >= 4 is 22.8 Å². The Labute approximate surface area is 171 Å². The van der Waals surface area contributed by atoms with Gasteiger partial charge in [-0.25, -0.2) is 9.78 Å². The number of imidazole rings is 1. The lowest BCUT2D eigenvalue weighted by atomic mass is 10.1. The number of piperidine rings is 1. The van der Waals surface area contributed by atoms with Gasteiger partial charge in [-0.1, -0.05) is 12.1 Å². The molecule has 0 bridgehead atoms. The fourth-order valence-corrected chi connectivity index (χ4v) is 3.89. The summed E-state index contributed by atoms with van der Waals surface area (Å²) in [5.74, 6) is 0.951. The predicted octanol–water partition coefficient (Wildman–Crippen LogP) is 4.08. The summed E-state index contributed by atoms with van der Waals surface area (Å²) >= 11 is 0. The molecule has 1 aliphatic heterocycles. The van der Waals surface area contributed by atoms with Gasteiger partial charge >= 0.3 is 6.03 Å². The van der Waals surface area contributed by atoms with Crippen molar-refractivity contribution in [1.29, 1.82) is 5.26 Å². The molecule has 1 aromatic heterocycles. The summed E-state index contributed by atoms with van der Waals surface area (Å²) in [6.07, 6.45) is 4.05. The number of hydrogen-bond acceptors (Lipinski definition) is 3. The summed E-state index contributed by atoms with van der Waals surface area (Å²) < 4.78 is 2.09. The molecule has 6 nitrogen and oxygen atoms in total. The Balaban J connectivity index is 1.57. The van der Waals surface area contributed by atoms with Gasteiger partial charge in [-0.05, 0) is 55.2 Å². The van der Waals surface area contributed by atoms with E-state index in [4.69, 9.17) is 10.2 Å². The Morgan fingerprint density at radius 1 is 1.14 bits per heavy atom. The normalized spacial score (nSPS) is 14.0. The Morgan fingerprint density at radius 3 is 2.55 bits per heavy atom. The van der Waals surface area contributed by atoms with E-state index in [0.29, 0.717) is 12.0 Å². The van der Waals surface area contributed by atoms with Crippen LogP contribution in [0.15, 0.2) is 42.5 Å². The molecular weight excluding hydrogens is 362 g/mol. The van der Waals surface area contributed by atoms with E-state index in [1.54, 1.807) is 4.90 Å². The first-order valence-corrected chi connectivity index (χ1v) is 10.0. The van der Waals surface area contributed by atoms with Crippen molar-refractivity contribution in [3.63, 3.8) is 0 Å². The van der Waals surface area contributed by atoms with E-state index in [-0.39, 0.29) is 6.03 Å². The molecule has 0 atom stereocenters. The summed E-state index contributed by atoms with van der Waals surface area (Å²) in [6, 6.07) is 15.8. The molecule has 1 fully saturated rings. The van der Waals surface area contributed by atoms with Gasteiger partial charge in [-0.2, -0.15) is 5.26 Å². The van der Waals surface area contributed by atoms with Crippen LogP contribution in [0.5, 0.6) is 0 Å².